The number of carbonyl (C=O) groups excluding carboxylic acids is 1. The number of anilines is 1. The molecule has 0 saturated heterocycles. The summed E-state index contributed by atoms with van der Waals surface area (Å²) in [7, 11) is 3.74. The van der Waals surface area contributed by atoms with Gasteiger partial charge in [-0.1, -0.05) is 51.1 Å². The van der Waals surface area contributed by atoms with Crippen molar-refractivity contribution in [1.82, 2.24) is 9.88 Å². The number of aliphatic imine (C=N–C) groups is 1. The van der Waals surface area contributed by atoms with Crippen molar-refractivity contribution < 1.29 is 13.9 Å². The molecule has 0 saturated carbocycles. The molecule has 7 nitrogen and oxygen atoms in total. The van der Waals surface area contributed by atoms with Gasteiger partial charge in [-0.25, -0.2) is 9.98 Å². The molecule has 0 unspecified atom stereocenters. The minimum atomic E-state index is -0.188. The average Bonchev–Trinajstić information content (AvgIpc) is 3.31. The number of carbonyl (C=O) groups is 1. The van der Waals surface area contributed by atoms with E-state index in [1.807, 2.05) is 55.6 Å². The van der Waals surface area contributed by atoms with Crippen molar-refractivity contribution in [2.24, 2.45) is 10.4 Å². The van der Waals surface area contributed by atoms with Crippen LogP contribution in [0.25, 0.3) is 17.2 Å². The molecular weight excluding hydrogens is 416 g/mol. The van der Waals surface area contributed by atoms with Crippen molar-refractivity contribution in [3.05, 3.63) is 65.7 Å². The van der Waals surface area contributed by atoms with E-state index in [2.05, 4.69) is 35.6 Å². The highest BCUT2D eigenvalue weighted by atomic mass is 16.5. The molecule has 2 heterocycles. The van der Waals surface area contributed by atoms with E-state index in [1.165, 1.54) is 0 Å². The Morgan fingerprint density at radius 3 is 2.64 bits per heavy atom. The number of amides is 1. The van der Waals surface area contributed by atoms with E-state index in [0.29, 0.717) is 29.6 Å². The number of hydrogen-bond acceptors (Lipinski definition) is 6. The van der Waals surface area contributed by atoms with Gasteiger partial charge in [0.1, 0.15) is 17.0 Å². The maximum absolute atomic E-state index is 12.7. The van der Waals surface area contributed by atoms with Gasteiger partial charge in [0, 0.05) is 44.0 Å². The van der Waals surface area contributed by atoms with E-state index in [9.17, 15) is 4.79 Å². The molecule has 1 aliphatic heterocycles. The highest BCUT2D eigenvalue weighted by molar-refractivity contribution is 6.19. The predicted molar refractivity (Wildman–Crippen MR) is 131 cm³/mol. The van der Waals surface area contributed by atoms with Crippen molar-refractivity contribution in [3.63, 3.8) is 0 Å². The Labute approximate surface area is 194 Å². The lowest BCUT2D eigenvalue weighted by molar-refractivity contribution is -0.121. The molecule has 0 atom stereocenters. The lowest BCUT2D eigenvalue weighted by Crippen LogP contribution is -2.28. The van der Waals surface area contributed by atoms with Crippen LogP contribution in [0.1, 0.15) is 32.2 Å². The third-order valence-electron chi connectivity index (χ3n) is 5.30. The lowest BCUT2D eigenvalue weighted by Gasteiger charge is -2.22. The topological polar surface area (TPSA) is 71.2 Å². The molecule has 1 aliphatic rings. The van der Waals surface area contributed by atoms with E-state index in [4.69, 9.17) is 9.15 Å². The molecule has 3 aromatic rings. The third-order valence-corrected chi connectivity index (χ3v) is 5.30. The average molecular weight is 447 g/mol. The number of likely N-dealkylation sites (N-methyl/N-ethyl adjacent to an activating group) is 2. The van der Waals surface area contributed by atoms with Gasteiger partial charge < -0.3 is 14.1 Å². The molecule has 33 heavy (non-hydrogen) atoms. The Kier molecular flexibility index (Phi) is 6.33. The van der Waals surface area contributed by atoms with Gasteiger partial charge in [0.15, 0.2) is 5.58 Å². The van der Waals surface area contributed by atoms with Gasteiger partial charge in [-0.2, -0.15) is 0 Å². The van der Waals surface area contributed by atoms with Crippen LogP contribution in [0.3, 0.4) is 0 Å². The van der Waals surface area contributed by atoms with Crippen molar-refractivity contribution in [3.8, 4) is 0 Å². The van der Waals surface area contributed by atoms with Gasteiger partial charge in [-0.3, -0.25) is 9.69 Å². The normalized spacial score (nSPS) is 15.5. The van der Waals surface area contributed by atoms with Gasteiger partial charge in [0.05, 0.1) is 13.2 Å². The van der Waals surface area contributed by atoms with Gasteiger partial charge in [0.25, 0.3) is 5.91 Å². The Morgan fingerprint density at radius 1 is 1.15 bits per heavy atom. The maximum atomic E-state index is 12.7. The fourth-order valence-electron chi connectivity index (χ4n) is 3.50. The molecule has 0 N–H and O–H groups in total. The molecule has 0 fully saturated rings. The summed E-state index contributed by atoms with van der Waals surface area (Å²) in [6, 6.07) is 15.5. The summed E-state index contributed by atoms with van der Waals surface area (Å²) >= 11 is 0. The molecule has 4 rings (SSSR count). The molecule has 0 spiro atoms. The third kappa shape index (κ3) is 5.31. The summed E-state index contributed by atoms with van der Waals surface area (Å²) < 4.78 is 11.7. The molecular formula is C26H30N4O3. The number of hydrogen-bond donors (Lipinski definition) is 0. The molecule has 172 valence electrons. The fourth-order valence-corrected chi connectivity index (χ4v) is 3.50. The first-order valence-corrected chi connectivity index (χ1v) is 11.0. The number of amidine groups is 1. The monoisotopic (exact) mass is 446 g/mol. The first kappa shape index (κ1) is 22.7. The van der Waals surface area contributed by atoms with Crippen LogP contribution in [0.5, 0.6) is 0 Å². The van der Waals surface area contributed by atoms with Crippen LogP contribution in [0.2, 0.25) is 0 Å². The first-order valence-electron chi connectivity index (χ1n) is 11.0. The molecule has 0 aliphatic carbocycles. The second kappa shape index (κ2) is 9.19. The number of benzene rings is 2. The minimum absolute atomic E-state index is 0.156. The maximum Gasteiger partial charge on any atom is 0.278 e. The highest BCUT2D eigenvalue weighted by Crippen LogP contribution is 2.25. The van der Waals surface area contributed by atoms with Gasteiger partial charge in [0.2, 0.25) is 5.89 Å². The summed E-state index contributed by atoms with van der Waals surface area (Å²) in [6.45, 7) is 8.62. The standard InChI is InChI=1S/C26H30N4O3/c1-26(2,3)17-32-14-13-29(4)19-11-12-20-22(15-19)33-23(27-20)16-21-25(31)30(5)24(28-21)18-9-7-6-8-10-18/h6-12,15-16H,13-14,17H2,1-5H3/b21-16+. The number of oxazole rings is 1. The molecule has 0 bridgehead atoms. The summed E-state index contributed by atoms with van der Waals surface area (Å²) in [5, 5.41) is 0. The summed E-state index contributed by atoms with van der Waals surface area (Å²) in [5.41, 5.74) is 3.74. The Hall–Kier alpha value is -3.45. The second-order valence-electron chi connectivity index (χ2n) is 9.43. The van der Waals surface area contributed by atoms with Crippen LogP contribution in [0, 0.1) is 5.41 Å². The van der Waals surface area contributed by atoms with Crippen LogP contribution >= 0.6 is 0 Å². The summed E-state index contributed by atoms with van der Waals surface area (Å²) in [6.07, 6.45) is 1.60. The Bertz CT molecular complexity index is 1210. The molecule has 1 aromatic heterocycles. The number of ether oxygens (including phenoxy) is 1. The van der Waals surface area contributed by atoms with Crippen molar-refractivity contribution >= 4 is 34.6 Å². The predicted octanol–water partition coefficient (Wildman–Crippen LogP) is 4.59. The van der Waals surface area contributed by atoms with E-state index in [1.54, 1.807) is 18.0 Å². The number of nitrogens with zero attached hydrogens (tertiary/aromatic N) is 4. The highest BCUT2D eigenvalue weighted by Gasteiger charge is 2.28. The van der Waals surface area contributed by atoms with Crippen LogP contribution in [-0.2, 0) is 9.53 Å². The second-order valence-corrected chi connectivity index (χ2v) is 9.43. The fraction of sp³-hybridized carbons (Fsp3) is 0.346. The summed E-state index contributed by atoms with van der Waals surface area (Å²) in [4.78, 5) is 25.4. The van der Waals surface area contributed by atoms with Crippen molar-refractivity contribution in [1.29, 1.82) is 0 Å². The van der Waals surface area contributed by atoms with Crippen molar-refractivity contribution in [2.75, 3.05) is 38.8 Å². The Balaban J connectivity index is 1.50. The van der Waals surface area contributed by atoms with Crippen molar-refractivity contribution in [2.45, 2.75) is 20.8 Å². The van der Waals surface area contributed by atoms with E-state index >= 15 is 0 Å². The zero-order valence-electron chi connectivity index (χ0n) is 19.8. The van der Waals surface area contributed by atoms with Gasteiger partial charge in [-0.15, -0.1) is 0 Å². The Morgan fingerprint density at radius 2 is 1.91 bits per heavy atom. The van der Waals surface area contributed by atoms with Crippen LogP contribution < -0.4 is 4.90 Å². The minimum Gasteiger partial charge on any atom is -0.437 e. The van der Waals surface area contributed by atoms with E-state index < -0.39 is 0 Å². The van der Waals surface area contributed by atoms with Crippen LogP contribution in [0.15, 0.2) is 63.6 Å². The van der Waals surface area contributed by atoms with Gasteiger partial charge >= 0.3 is 0 Å². The number of aromatic nitrogens is 1. The number of rotatable bonds is 7. The zero-order valence-corrected chi connectivity index (χ0v) is 19.8. The largest absolute Gasteiger partial charge is 0.437 e. The zero-order chi connectivity index (χ0) is 23.6. The quantitative estimate of drug-likeness (QED) is 0.392. The lowest BCUT2D eigenvalue weighted by atomic mass is 9.99. The number of fused-ring (bicyclic) bond motifs is 1. The van der Waals surface area contributed by atoms with E-state index in [-0.39, 0.29) is 11.3 Å². The van der Waals surface area contributed by atoms with Crippen LogP contribution in [0.4, 0.5) is 5.69 Å². The van der Waals surface area contributed by atoms with Gasteiger partial charge in [-0.05, 0) is 17.5 Å². The van der Waals surface area contributed by atoms with Crippen LogP contribution in [-0.4, -0.2) is 55.5 Å². The SMILES string of the molecule is CN1C(=O)/C(=C\c2nc3ccc(N(C)CCOCC(C)(C)C)cc3o2)N=C1c1ccccc1. The molecule has 7 heteroatoms. The summed E-state index contributed by atoms with van der Waals surface area (Å²) in [5.74, 6) is 0.778. The van der Waals surface area contributed by atoms with E-state index in [0.717, 1.165) is 29.9 Å². The molecule has 1 amide bonds. The first-order chi connectivity index (χ1) is 15.7. The molecule has 2 aromatic carbocycles. The molecule has 0 radical (unpaired) electrons. The smallest absolute Gasteiger partial charge is 0.278 e.